The van der Waals surface area contributed by atoms with Crippen LogP contribution in [0.5, 0.6) is 0 Å². The van der Waals surface area contributed by atoms with Crippen LogP contribution in [-0.2, 0) is 4.74 Å². The number of rotatable bonds is 6. The van der Waals surface area contributed by atoms with Gasteiger partial charge in [0.25, 0.3) is 0 Å². The second-order valence-corrected chi connectivity index (χ2v) is 7.57. The lowest BCUT2D eigenvalue weighted by Gasteiger charge is -2.32. The van der Waals surface area contributed by atoms with Gasteiger partial charge in [0.05, 0.1) is 0 Å². The van der Waals surface area contributed by atoms with Gasteiger partial charge in [-0.1, -0.05) is 6.92 Å². The van der Waals surface area contributed by atoms with Gasteiger partial charge >= 0.3 is 6.09 Å². The van der Waals surface area contributed by atoms with Crippen molar-refractivity contribution < 1.29 is 9.53 Å². The zero-order chi connectivity index (χ0) is 16.2. The van der Waals surface area contributed by atoms with Crippen molar-refractivity contribution in [2.75, 3.05) is 32.7 Å². The average Bonchev–Trinajstić information content (AvgIpc) is 3.26. The van der Waals surface area contributed by atoms with Crippen molar-refractivity contribution in [1.82, 2.24) is 15.1 Å². The zero-order valence-electron chi connectivity index (χ0n) is 14.7. The molecule has 22 heavy (non-hydrogen) atoms. The van der Waals surface area contributed by atoms with Crippen molar-refractivity contribution in [3.63, 3.8) is 0 Å². The van der Waals surface area contributed by atoms with E-state index in [0.29, 0.717) is 12.1 Å². The predicted octanol–water partition coefficient (Wildman–Crippen LogP) is 2.46. The number of piperidine rings is 1. The summed E-state index contributed by atoms with van der Waals surface area (Å²) in [6.45, 7) is 13.2. The standard InChI is InChI=1S/C17H33N3O2/c1-5-19-11-8-14(9-12-19)18-10-13-20(15-6-7-15)16(21)22-17(2,3)4/h14-15,18H,5-13H2,1-4H3. The van der Waals surface area contributed by atoms with Crippen LogP contribution in [0.1, 0.15) is 53.4 Å². The van der Waals surface area contributed by atoms with E-state index < -0.39 is 5.60 Å². The molecule has 1 saturated heterocycles. The SMILES string of the molecule is CCN1CCC(NCCN(C(=O)OC(C)(C)C)C2CC2)CC1. The molecule has 5 heteroatoms. The predicted molar refractivity (Wildman–Crippen MR) is 89.1 cm³/mol. The summed E-state index contributed by atoms with van der Waals surface area (Å²) in [5.74, 6) is 0. The summed E-state index contributed by atoms with van der Waals surface area (Å²) in [6, 6.07) is 1.00. The Bertz CT molecular complexity index is 355. The summed E-state index contributed by atoms with van der Waals surface area (Å²) in [5.41, 5.74) is -0.412. The third kappa shape index (κ3) is 5.76. The van der Waals surface area contributed by atoms with Gasteiger partial charge in [0.1, 0.15) is 5.60 Å². The van der Waals surface area contributed by atoms with Gasteiger partial charge in [0.2, 0.25) is 0 Å². The quantitative estimate of drug-likeness (QED) is 0.818. The Morgan fingerprint density at radius 3 is 2.36 bits per heavy atom. The molecule has 2 aliphatic rings. The fourth-order valence-corrected chi connectivity index (χ4v) is 2.97. The lowest BCUT2D eigenvalue weighted by atomic mass is 10.1. The minimum atomic E-state index is -0.412. The van der Waals surface area contributed by atoms with Gasteiger partial charge < -0.3 is 19.9 Å². The van der Waals surface area contributed by atoms with Crippen molar-refractivity contribution >= 4 is 6.09 Å². The molecule has 0 unspecified atom stereocenters. The van der Waals surface area contributed by atoms with E-state index in [-0.39, 0.29) is 6.09 Å². The molecular weight excluding hydrogens is 278 g/mol. The molecule has 128 valence electrons. The van der Waals surface area contributed by atoms with Crippen LogP contribution in [0.15, 0.2) is 0 Å². The summed E-state index contributed by atoms with van der Waals surface area (Å²) >= 11 is 0. The van der Waals surface area contributed by atoms with Crippen LogP contribution < -0.4 is 5.32 Å². The third-order valence-electron chi connectivity index (χ3n) is 4.44. The average molecular weight is 311 g/mol. The Morgan fingerprint density at radius 1 is 1.23 bits per heavy atom. The van der Waals surface area contributed by atoms with E-state index in [9.17, 15) is 4.79 Å². The molecule has 0 atom stereocenters. The van der Waals surface area contributed by atoms with E-state index >= 15 is 0 Å². The highest BCUT2D eigenvalue weighted by atomic mass is 16.6. The molecule has 1 aliphatic carbocycles. The lowest BCUT2D eigenvalue weighted by Crippen LogP contribution is -2.46. The molecule has 0 radical (unpaired) electrons. The van der Waals surface area contributed by atoms with Crippen LogP contribution in [0.2, 0.25) is 0 Å². The molecule has 0 aromatic rings. The van der Waals surface area contributed by atoms with E-state index in [1.54, 1.807) is 0 Å². The molecule has 5 nitrogen and oxygen atoms in total. The second-order valence-electron chi connectivity index (χ2n) is 7.57. The van der Waals surface area contributed by atoms with Crippen LogP contribution in [-0.4, -0.2) is 66.3 Å². The normalized spacial score (nSPS) is 20.9. The molecule has 2 fully saturated rings. The summed E-state index contributed by atoms with van der Waals surface area (Å²) in [6.07, 6.45) is 4.51. The molecule has 1 amide bonds. The smallest absolute Gasteiger partial charge is 0.410 e. The van der Waals surface area contributed by atoms with Crippen LogP contribution in [0.3, 0.4) is 0 Å². The number of nitrogens with zero attached hydrogens (tertiary/aromatic N) is 2. The highest BCUT2D eigenvalue weighted by molar-refractivity contribution is 5.69. The van der Waals surface area contributed by atoms with Crippen molar-refractivity contribution in [2.24, 2.45) is 0 Å². The number of carbonyl (C=O) groups is 1. The number of hydrogen-bond acceptors (Lipinski definition) is 4. The number of nitrogens with one attached hydrogen (secondary N) is 1. The van der Waals surface area contributed by atoms with E-state index in [1.165, 1.54) is 25.9 Å². The largest absolute Gasteiger partial charge is 0.444 e. The number of likely N-dealkylation sites (tertiary alicyclic amines) is 1. The number of hydrogen-bond donors (Lipinski definition) is 1. The van der Waals surface area contributed by atoms with Gasteiger partial charge in [-0.05, 0) is 66.1 Å². The summed E-state index contributed by atoms with van der Waals surface area (Å²) in [5, 5.41) is 3.62. The van der Waals surface area contributed by atoms with Crippen molar-refractivity contribution in [3.05, 3.63) is 0 Å². The zero-order valence-corrected chi connectivity index (χ0v) is 14.7. The molecule has 1 saturated carbocycles. The fraction of sp³-hybridized carbons (Fsp3) is 0.941. The first-order valence-corrected chi connectivity index (χ1v) is 8.84. The highest BCUT2D eigenvalue weighted by Crippen LogP contribution is 2.28. The number of carbonyl (C=O) groups excluding carboxylic acids is 1. The van der Waals surface area contributed by atoms with E-state index in [4.69, 9.17) is 4.74 Å². The van der Waals surface area contributed by atoms with Gasteiger partial charge in [-0.2, -0.15) is 0 Å². The lowest BCUT2D eigenvalue weighted by molar-refractivity contribution is 0.0233. The number of amides is 1. The maximum atomic E-state index is 12.3. The minimum absolute atomic E-state index is 0.155. The topological polar surface area (TPSA) is 44.8 Å². The molecule has 0 aromatic carbocycles. The first-order valence-electron chi connectivity index (χ1n) is 8.84. The van der Waals surface area contributed by atoms with Crippen molar-refractivity contribution in [3.8, 4) is 0 Å². The molecule has 1 heterocycles. The van der Waals surface area contributed by atoms with Crippen LogP contribution in [0.4, 0.5) is 4.79 Å². The molecule has 0 aromatic heterocycles. The van der Waals surface area contributed by atoms with Gasteiger partial charge in [-0.25, -0.2) is 4.79 Å². The first kappa shape index (κ1) is 17.5. The Labute approximate surface area is 135 Å². The Kier molecular flexibility index (Phi) is 6.09. The van der Waals surface area contributed by atoms with Gasteiger partial charge in [0.15, 0.2) is 0 Å². The Hall–Kier alpha value is -0.810. The molecule has 0 spiro atoms. The Morgan fingerprint density at radius 2 is 1.86 bits per heavy atom. The molecule has 2 rings (SSSR count). The summed E-state index contributed by atoms with van der Waals surface area (Å²) < 4.78 is 5.52. The second kappa shape index (κ2) is 7.64. The molecule has 0 bridgehead atoms. The highest BCUT2D eigenvalue weighted by Gasteiger charge is 2.34. The first-order chi connectivity index (χ1) is 10.4. The van der Waals surface area contributed by atoms with Gasteiger partial charge in [-0.15, -0.1) is 0 Å². The van der Waals surface area contributed by atoms with Crippen LogP contribution in [0, 0.1) is 0 Å². The van der Waals surface area contributed by atoms with Crippen molar-refractivity contribution in [1.29, 1.82) is 0 Å². The monoisotopic (exact) mass is 311 g/mol. The van der Waals surface area contributed by atoms with E-state index in [0.717, 1.165) is 32.5 Å². The summed E-state index contributed by atoms with van der Waals surface area (Å²) in [7, 11) is 0. The molecular formula is C17H33N3O2. The maximum Gasteiger partial charge on any atom is 0.410 e. The van der Waals surface area contributed by atoms with Crippen LogP contribution >= 0.6 is 0 Å². The Balaban J connectivity index is 1.70. The third-order valence-corrected chi connectivity index (χ3v) is 4.44. The van der Waals surface area contributed by atoms with Gasteiger partial charge in [0, 0.05) is 25.2 Å². The molecule has 1 N–H and O–H groups in total. The van der Waals surface area contributed by atoms with Crippen molar-refractivity contribution in [2.45, 2.75) is 71.1 Å². The van der Waals surface area contributed by atoms with Crippen LogP contribution in [0.25, 0.3) is 0 Å². The van der Waals surface area contributed by atoms with E-state index in [2.05, 4.69) is 17.1 Å². The fourth-order valence-electron chi connectivity index (χ4n) is 2.97. The van der Waals surface area contributed by atoms with Gasteiger partial charge in [-0.3, -0.25) is 0 Å². The maximum absolute atomic E-state index is 12.3. The number of ether oxygens (including phenoxy) is 1. The molecule has 1 aliphatic heterocycles. The minimum Gasteiger partial charge on any atom is -0.444 e. The summed E-state index contributed by atoms with van der Waals surface area (Å²) in [4.78, 5) is 16.7. The van der Waals surface area contributed by atoms with E-state index in [1.807, 2.05) is 25.7 Å².